The van der Waals surface area contributed by atoms with Crippen LogP contribution in [0.25, 0.3) is 0 Å². The van der Waals surface area contributed by atoms with E-state index in [-0.39, 0.29) is 16.8 Å². The number of nitrogens with zero attached hydrogens (tertiary/aromatic N) is 3. The van der Waals surface area contributed by atoms with E-state index in [1.54, 1.807) is 6.07 Å². The van der Waals surface area contributed by atoms with Crippen molar-refractivity contribution in [3.63, 3.8) is 0 Å². The summed E-state index contributed by atoms with van der Waals surface area (Å²) in [4.78, 5) is 38.2. The molecule has 1 fully saturated rings. The van der Waals surface area contributed by atoms with Gasteiger partial charge in [-0.3, -0.25) is 14.9 Å². The van der Waals surface area contributed by atoms with E-state index in [2.05, 4.69) is 10.2 Å². The second-order valence-corrected chi connectivity index (χ2v) is 6.70. The van der Waals surface area contributed by atoms with Crippen molar-refractivity contribution in [2.45, 2.75) is 0 Å². The fraction of sp³-hybridized carbons (Fsp3) is 0.263. The van der Waals surface area contributed by atoms with Gasteiger partial charge >= 0.3 is 11.7 Å². The molecule has 2 N–H and O–H groups in total. The Morgan fingerprint density at radius 3 is 2.38 bits per heavy atom. The van der Waals surface area contributed by atoms with Crippen LogP contribution in [0, 0.1) is 15.9 Å². The number of piperazine rings is 1. The molecule has 1 saturated heterocycles. The van der Waals surface area contributed by atoms with Crippen LogP contribution in [0.5, 0.6) is 0 Å². The number of amides is 1. The van der Waals surface area contributed by atoms with E-state index >= 15 is 0 Å². The van der Waals surface area contributed by atoms with Gasteiger partial charge in [0, 0.05) is 37.8 Å². The molecule has 3 rings (SSSR count). The smallest absolute Gasteiger partial charge is 0.335 e. The zero-order valence-electron chi connectivity index (χ0n) is 15.6. The maximum atomic E-state index is 13.5. The molecule has 1 heterocycles. The molecule has 1 aliphatic heterocycles. The van der Waals surface area contributed by atoms with Gasteiger partial charge in [-0.2, -0.15) is 4.39 Å². The van der Waals surface area contributed by atoms with Gasteiger partial charge in [0.05, 0.1) is 21.9 Å². The number of rotatable bonds is 5. The fourth-order valence-electron chi connectivity index (χ4n) is 3.08. The number of carboxylic acid groups (broad SMARTS) is 1. The molecular weight excluding hydrogens is 383 g/mol. The molecule has 9 nitrogen and oxygen atoms in total. The number of carboxylic acids is 1. The highest BCUT2D eigenvalue weighted by atomic mass is 19.1. The number of anilines is 2. The minimum atomic E-state index is -1.15. The average Bonchev–Trinajstić information content (AvgIpc) is 2.68. The van der Waals surface area contributed by atoms with Crippen LogP contribution in [0.2, 0.25) is 0 Å². The Hall–Kier alpha value is -3.53. The van der Waals surface area contributed by atoms with Crippen LogP contribution in [0.3, 0.4) is 0 Å². The van der Waals surface area contributed by atoms with Crippen molar-refractivity contribution in [2.75, 3.05) is 43.4 Å². The van der Waals surface area contributed by atoms with Crippen molar-refractivity contribution in [2.24, 2.45) is 0 Å². The van der Waals surface area contributed by atoms with Gasteiger partial charge in [-0.05, 0) is 37.4 Å². The summed E-state index contributed by atoms with van der Waals surface area (Å²) in [6.45, 7) is 2.98. The Labute approximate surface area is 165 Å². The summed E-state index contributed by atoms with van der Waals surface area (Å²) in [5.74, 6) is -2.90. The lowest BCUT2D eigenvalue weighted by molar-refractivity contribution is -0.387. The standard InChI is InChI=1S/C19H19FN4O5/c1-22-6-8-23(9-7-22)16-5-3-13(19(26)27)10-15(16)21-18(25)12-2-4-14(20)17(11-12)24(28)29/h2-5,10-11H,6-9H2,1H3,(H,21,25)(H,26,27). The number of aromatic carboxylic acids is 1. The Balaban J connectivity index is 1.93. The molecule has 0 aromatic heterocycles. The number of nitro groups is 1. The van der Waals surface area contributed by atoms with Crippen molar-refractivity contribution < 1.29 is 24.0 Å². The third-order valence-electron chi connectivity index (χ3n) is 4.74. The van der Waals surface area contributed by atoms with Gasteiger partial charge in [0.2, 0.25) is 5.82 Å². The van der Waals surface area contributed by atoms with Crippen LogP contribution in [0.4, 0.5) is 21.5 Å². The lowest BCUT2D eigenvalue weighted by Gasteiger charge is -2.35. The third kappa shape index (κ3) is 4.49. The molecule has 0 atom stereocenters. The van der Waals surface area contributed by atoms with E-state index in [1.165, 1.54) is 12.1 Å². The highest BCUT2D eigenvalue weighted by Crippen LogP contribution is 2.29. The summed E-state index contributed by atoms with van der Waals surface area (Å²) in [5.41, 5.74) is -0.0119. The van der Waals surface area contributed by atoms with Crippen molar-refractivity contribution in [1.82, 2.24) is 4.90 Å². The van der Waals surface area contributed by atoms with Crippen LogP contribution in [-0.2, 0) is 0 Å². The summed E-state index contributed by atoms with van der Waals surface area (Å²) in [6.07, 6.45) is 0. The van der Waals surface area contributed by atoms with Crippen LogP contribution in [0.1, 0.15) is 20.7 Å². The minimum absolute atomic E-state index is 0.0109. The summed E-state index contributed by atoms with van der Waals surface area (Å²) in [5, 5.41) is 22.8. The molecule has 29 heavy (non-hydrogen) atoms. The number of nitrogens with one attached hydrogen (secondary N) is 1. The predicted molar refractivity (Wildman–Crippen MR) is 104 cm³/mol. The first kappa shape index (κ1) is 20.2. The first-order valence-electron chi connectivity index (χ1n) is 8.82. The van der Waals surface area contributed by atoms with Crippen LogP contribution in [0.15, 0.2) is 36.4 Å². The number of hydrogen-bond donors (Lipinski definition) is 2. The zero-order valence-corrected chi connectivity index (χ0v) is 15.6. The van der Waals surface area contributed by atoms with Gasteiger partial charge in [-0.1, -0.05) is 0 Å². The summed E-state index contributed by atoms with van der Waals surface area (Å²) in [7, 11) is 2.00. The molecule has 0 aliphatic carbocycles. The topological polar surface area (TPSA) is 116 Å². The molecule has 0 unspecified atom stereocenters. The van der Waals surface area contributed by atoms with Crippen LogP contribution >= 0.6 is 0 Å². The van der Waals surface area contributed by atoms with E-state index in [9.17, 15) is 29.2 Å². The van der Waals surface area contributed by atoms with E-state index in [0.29, 0.717) is 18.8 Å². The lowest BCUT2D eigenvalue weighted by Crippen LogP contribution is -2.44. The summed E-state index contributed by atoms with van der Waals surface area (Å²) in [6, 6.07) is 7.25. The van der Waals surface area contributed by atoms with E-state index in [1.807, 2.05) is 11.9 Å². The van der Waals surface area contributed by atoms with Crippen LogP contribution < -0.4 is 10.2 Å². The van der Waals surface area contributed by atoms with Gasteiger partial charge in [0.1, 0.15) is 0 Å². The normalized spacial score (nSPS) is 14.5. The third-order valence-corrected chi connectivity index (χ3v) is 4.74. The number of hydrogen-bond acceptors (Lipinski definition) is 6. The number of benzene rings is 2. The second-order valence-electron chi connectivity index (χ2n) is 6.70. The van der Waals surface area contributed by atoms with Gasteiger partial charge < -0.3 is 20.2 Å². The molecular formula is C19H19FN4O5. The molecule has 152 valence electrons. The molecule has 0 saturated carbocycles. The number of carbonyl (C=O) groups is 2. The molecule has 0 spiro atoms. The summed E-state index contributed by atoms with van der Waals surface area (Å²) >= 11 is 0. The summed E-state index contributed by atoms with van der Waals surface area (Å²) < 4.78 is 13.5. The highest BCUT2D eigenvalue weighted by Gasteiger charge is 2.22. The average molecular weight is 402 g/mol. The van der Waals surface area contributed by atoms with Crippen molar-refractivity contribution in [3.05, 3.63) is 63.5 Å². The highest BCUT2D eigenvalue weighted by molar-refractivity contribution is 6.07. The maximum Gasteiger partial charge on any atom is 0.335 e. The molecule has 0 radical (unpaired) electrons. The maximum absolute atomic E-state index is 13.5. The first-order chi connectivity index (χ1) is 13.8. The van der Waals surface area contributed by atoms with Gasteiger partial charge in [0.15, 0.2) is 0 Å². The number of carbonyl (C=O) groups excluding carboxylic acids is 1. The fourth-order valence-corrected chi connectivity index (χ4v) is 3.08. The largest absolute Gasteiger partial charge is 0.478 e. The van der Waals surface area contributed by atoms with Crippen molar-refractivity contribution >= 4 is 28.9 Å². The molecule has 0 bridgehead atoms. The number of likely N-dealkylation sites (N-methyl/N-ethyl adjacent to an activating group) is 1. The minimum Gasteiger partial charge on any atom is -0.478 e. The van der Waals surface area contributed by atoms with Crippen LogP contribution in [-0.4, -0.2) is 60.0 Å². The lowest BCUT2D eigenvalue weighted by atomic mass is 10.1. The van der Waals surface area contributed by atoms with E-state index in [4.69, 9.17) is 0 Å². The second kappa shape index (κ2) is 8.23. The number of halogens is 1. The monoisotopic (exact) mass is 402 g/mol. The van der Waals surface area contributed by atoms with Gasteiger partial charge in [-0.25, -0.2) is 4.79 Å². The van der Waals surface area contributed by atoms with Crippen molar-refractivity contribution in [1.29, 1.82) is 0 Å². The van der Waals surface area contributed by atoms with E-state index in [0.717, 1.165) is 31.3 Å². The Bertz CT molecular complexity index is 973. The van der Waals surface area contributed by atoms with Gasteiger partial charge in [0.25, 0.3) is 5.91 Å². The SMILES string of the molecule is CN1CCN(c2ccc(C(=O)O)cc2NC(=O)c2ccc(F)c([N+](=O)[O-])c2)CC1. The Morgan fingerprint density at radius 2 is 1.76 bits per heavy atom. The molecule has 10 heteroatoms. The van der Waals surface area contributed by atoms with Crippen molar-refractivity contribution in [3.8, 4) is 0 Å². The zero-order chi connectivity index (χ0) is 21.1. The Morgan fingerprint density at radius 1 is 1.10 bits per heavy atom. The first-order valence-corrected chi connectivity index (χ1v) is 8.82. The molecule has 2 aromatic carbocycles. The molecule has 1 aliphatic rings. The quantitative estimate of drug-likeness (QED) is 0.583. The number of nitro benzene ring substituents is 1. The van der Waals surface area contributed by atoms with E-state index < -0.39 is 28.3 Å². The Kier molecular flexibility index (Phi) is 5.74. The molecule has 1 amide bonds. The predicted octanol–water partition coefficient (Wildman–Crippen LogP) is 2.44. The molecule has 2 aromatic rings. The van der Waals surface area contributed by atoms with Gasteiger partial charge in [-0.15, -0.1) is 0 Å².